The van der Waals surface area contributed by atoms with Crippen molar-refractivity contribution in [3.05, 3.63) is 66.0 Å². The van der Waals surface area contributed by atoms with Crippen LogP contribution in [0.2, 0.25) is 0 Å². The second kappa shape index (κ2) is 7.40. The highest BCUT2D eigenvalue weighted by atomic mass is 16.3. The first-order valence-electron chi connectivity index (χ1n) is 10.0. The molecule has 1 fully saturated rings. The summed E-state index contributed by atoms with van der Waals surface area (Å²) in [7, 11) is 0. The minimum Gasteiger partial charge on any atom is -0.385 e. The molecule has 0 bridgehead atoms. The average molecular weight is 377 g/mol. The zero-order valence-electron chi connectivity index (χ0n) is 16.5. The maximum Gasteiger partial charge on any atom is 0.245 e. The summed E-state index contributed by atoms with van der Waals surface area (Å²) in [6.45, 7) is 5.19. The maximum atomic E-state index is 13.3. The van der Waals surface area contributed by atoms with Crippen LogP contribution in [-0.2, 0) is 10.4 Å². The quantitative estimate of drug-likeness (QED) is 0.752. The molecule has 4 rings (SSSR count). The molecule has 0 saturated carbocycles. The minimum atomic E-state index is -0.855. The van der Waals surface area contributed by atoms with Gasteiger partial charge in [0.05, 0.1) is 23.0 Å². The van der Waals surface area contributed by atoms with Crippen molar-refractivity contribution < 1.29 is 9.90 Å². The number of benzene rings is 2. The Morgan fingerprint density at radius 1 is 1.18 bits per heavy atom. The third-order valence-corrected chi connectivity index (χ3v) is 5.95. The number of amides is 1. The smallest absolute Gasteiger partial charge is 0.245 e. The first kappa shape index (κ1) is 18.7. The molecule has 1 aliphatic rings. The summed E-state index contributed by atoms with van der Waals surface area (Å²) in [4.78, 5) is 19.6. The predicted octanol–water partition coefficient (Wildman–Crippen LogP) is 3.81. The molecule has 1 atom stereocenters. The molecule has 0 unspecified atom stereocenters. The van der Waals surface area contributed by atoms with Gasteiger partial charge in [0.2, 0.25) is 5.91 Å². The lowest BCUT2D eigenvalue weighted by molar-refractivity contribution is -0.139. The molecule has 1 N–H and O–H groups in total. The van der Waals surface area contributed by atoms with Gasteiger partial charge in [0.1, 0.15) is 6.04 Å². The maximum absolute atomic E-state index is 13.3. The monoisotopic (exact) mass is 377 g/mol. The van der Waals surface area contributed by atoms with E-state index in [-0.39, 0.29) is 11.9 Å². The van der Waals surface area contributed by atoms with Crippen molar-refractivity contribution in [3.63, 3.8) is 0 Å². The summed E-state index contributed by atoms with van der Waals surface area (Å²) < 4.78 is 1.99. The molecule has 1 amide bonds. The third-order valence-electron chi connectivity index (χ3n) is 5.95. The molecule has 28 heavy (non-hydrogen) atoms. The second-order valence-electron chi connectivity index (χ2n) is 7.79. The van der Waals surface area contributed by atoms with E-state index in [9.17, 15) is 9.90 Å². The van der Waals surface area contributed by atoms with Gasteiger partial charge in [-0.15, -0.1) is 0 Å². The lowest BCUT2D eigenvalue weighted by Crippen LogP contribution is -2.47. The van der Waals surface area contributed by atoms with Gasteiger partial charge in [-0.25, -0.2) is 4.98 Å². The largest absolute Gasteiger partial charge is 0.385 e. The Hall–Kier alpha value is -2.66. The highest BCUT2D eigenvalue weighted by Crippen LogP contribution is 2.34. The fraction of sp³-hybridized carbons (Fsp3) is 0.391. The third kappa shape index (κ3) is 3.31. The Kier molecular flexibility index (Phi) is 4.94. The van der Waals surface area contributed by atoms with Crippen LogP contribution in [-0.4, -0.2) is 38.6 Å². The number of aromatic nitrogens is 2. The Labute approximate surface area is 165 Å². The number of carbonyl (C=O) groups excluding carboxylic acids is 1. The van der Waals surface area contributed by atoms with Gasteiger partial charge >= 0.3 is 0 Å². The van der Waals surface area contributed by atoms with Crippen molar-refractivity contribution in [2.75, 3.05) is 13.1 Å². The lowest BCUT2D eigenvalue weighted by atomic mass is 9.83. The van der Waals surface area contributed by atoms with E-state index in [1.165, 1.54) is 0 Å². The van der Waals surface area contributed by atoms with Crippen molar-refractivity contribution in [2.45, 2.75) is 44.8 Å². The normalized spacial score (nSPS) is 17.6. The van der Waals surface area contributed by atoms with Gasteiger partial charge in [0.15, 0.2) is 0 Å². The molecule has 5 heteroatoms. The van der Waals surface area contributed by atoms with E-state index in [0.29, 0.717) is 32.4 Å². The number of aryl methyl sites for hydroxylation is 1. The number of hydrogen-bond donors (Lipinski definition) is 1. The van der Waals surface area contributed by atoms with Crippen LogP contribution < -0.4 is 0 Å². The molecule has 1 aliphatic heterocycles. The molecular weight excluding hydrogens is 350 g/mol. The van der Waals surface area contributed by atoms with Gasteiger partial charge in [-0.05, 0) is 43.9 Å². The molecule has 0 spiro atoms. The predicted molar refractivity (Wildman–Crippen MR) is 110 cm³/mol. The Balaban J connectivity index is 1.51. The van der Waals surface area contributed by atoms with Crippen molar-refractivity contribution in [2.24, 2.45) is 0 Å². The Morgan fingerprint density at radius 2 is 1.93 bits per heavy atom. The van der Waals surface area contributed by atoms with Crippen LogP contribution in [0, 0.1) is 6.92 Å². The van der Waals surface area contributed by atoms with E-state index in [2.05, 4.69) is 4.98 Å². The minimum absolute atomic E-state index is 0.108. The number of para-hydroxylation sites is 2. The number of likely N-dealkylation sites (tertiary alicyclic amines) is 1. The van der Waals surface area contributed by atoms with Gasteiger partial charge in [-0.3, -0.25) is 4.79 Å². The van der Waals surface area contributed by atoms with Gasteiger partial charge in [-0.2, -0.15) is 0 Å². The van der Waals surface area contributed by atoms with E-state index < -0.39 is 5.60 Å². The van der Waals surface area contributed by atoms with Crippen molar-refractivity contribution in [1.29, 1.82) is 0 Å². The fourth-order valence-corrected chi connectivity index (χ4v) is 4.25. The number of aliphatic hydroxyl groups is 1. The lowest BCUT2D eigenvalue weighted by Gasteiger charge is -2.40. The molecule has 0 radical (unpaired) electrons. The molecule has 1 saturated heterocycles. The van der Waals surface area contributed by atoms with Crippen molar-refractivity contribution >= 4 is 16.9 Å². The van der Waals surface area contributed by atoms with E-state index in [0.717, 1.165) is 22.2 Å². The average Bonchev–Trinajstić information content (AvgIpc) is 3.13. The zero-order valence-corrected chi connectivity index (χ0v) is 16.5. The van der Waals surface area contributed by atoms with Crippen LogP contribution in [0.25, 0.3) is 11.0 Å². The molecular formula is C23H27N3O2. The van der Waals surface area contributed by atoms with E-state index >= 15 is 0 Å². The number of nitrogens with zero attached hydrogens (tertiary/aromatic N) is 3. The summed E-state index contributed by atoms with van der Waals surface area (Å²) >= 11 is 0. The van der Waals surface area contributed by atoms with Crippen LogP contribution in [0.5, 0.6) is 0 Å². The number of carbonyl (C=O) groups is 1. The van der Waals surface area contributed by atoms with Crippen molar-refractivity contribution in [3.8, 4) is 0 Å². The highest BCUT2D eigenvalue weighted by Gasteiger charge is 2.37. The number of rotatable bonds is 4. The van der Waals surface area contributed by atoms with Crippen LogP contribution in [0.3, 0.4) is 0 Å². The van der Waals surface area contributed by atoms with E-state index in [1.54, 1.807) is 6.33 Å². The van der Waals surface area contributed by atoms with Gasteiger partial charge in [-0.1, -0.05) is 48.9 Å². The van der Waals surface area contributed by atoms with Gasteiger partial charge in [0.25, 0.3) is 0 Å². The molecule has 0 aliphatic carbocycles. The fourth-order valence-electron chi connectivity index (χ4n) is 4.25. The number of imidazole rings is 1. The van der Waals surface area contributed by atoms with Crippen LogP contribution in [0.4, 0.5) is 0 Å². The van der Waals surface area contributed by atoms with E-state index in [4.69, 9.17) is 0 Å². The molecule has 2 aromatic carbocycles. The second-order valence-corrected chi connectivity index (χ2v) is 7.79. The SMILES string of the molecule is CC[C@H](C(=O)N1CCC(O)(c2cccc(C)c2)CC1)n1cnc2ccccc21. The first-order valence-corrected chi connectivity index (χ1v) is 10.0. The summed E-state index contributed by atoms with van der Waals surface area (Å²) in [6, 6.07) is 15.7. The Bertz CT molecular complexity index is 986. The standard InChI is InChI=1S/C23H27N3O2/c1-3-20(26-16-24-19-9-4-5-10-21(19)26)22(27)25-13-11-23(28,12-14-25)18-8-6-7-17(2)15-18/h4-10,15-16,20,28H,3,11-14H2,1-2H3/t20-/m1/s1. The van der Waals surface area contributed by atoms with Crippen LogP contribution in [0.15, 0.2) is 54.9 Å². The first-order chi connectivity index (χ1) is 13.5. The summed E-state index contributed by atoms with van der Waals surface area (Å²) in [5.41, 5.74) is 3.12. The number of fused-ring (bicyclic) bond motifs is 1. The summed E-state index contributed by atoms with van der Waals surface area (Å²) in [6.07, 6.45) is 3.59. The topological polar surface area (TPSA) is 58.4 Å². The number of piperidine rings is 1. The molecule has 5 nitrogen and oxygen atoms in total. The molecule has 3 aromatic rings. The van der Waals surface area contributed by atoms with Crippen LogP contribution >= 0.6 is 0 Å². The van der Waals surface area contributed by atoms with Gasteiger partial charge in [0, 0.05) is 13.1 Å². The van der Waals surface area contributed by atoms with Gasteiger partial charge < -0.3 is 14.6 Å². The zero-order chi connectivity index (χ0) is 19.7. The summed E-state index contributed by atoms with van der Waals surface area (Å²) in [5, 5.41) is 11.1. The molecule has 2 heterocycles. The van der Waals surface area contributed by atoms with E-state index in [1.807, 2.05) is 71.8 Å². The Morgan fingerprint density at radius 3 is 2.64 bits per heavy atom. The molecule has 146 valence electrons. The highest BCUT2D eigenvalue weighted by molar-refractivity contribution is 5.84. The number of hydrogen-bond acceptors (Lipinski definition) is 3. The molecule has 1 aromatic heterocycles. The summed E-state index contributed by atoms with van der Waals surface area (Å²) in [5.74, 6) is 0.108. The van der Waals surface area contributed by atoms with Crippen LogP contribution in [0.1, 0.15) is 43.4 Å². The van der Waals surface area contributed by atoms with Crippen molar-refractivity contribution in [1.82, 2.24) is 14.5 Å².